The summed E-state index contributed by atoms with van der Waals surface area (Å²) in [5.41, 5.74) is 1.45. The van der Waals surface area contributed by atoms with Crippen molar-refractivity contribution in [2.75, 3.05) is 10.6 Å². The highest BCUT2D eigenvalue weighted by Gasteiger charge is 2.13. The van der Waals surface area contributed by atoms with Crippen LogP contribution in [0.1, 0.15) is 15.6 Å². The van der Waals surface area contributed by atoms with Gasteiger partial charge in [0, 0.05) is 23.3 Å². The van der Waals surface area contributed by atoms with Crippen LogP contribution in [0.3, 0.4) is 0 Å². The standard InChI is InChI=1S/C17H12ClN7OS/c1-9-22-13(18)5-14(23-9)25-15-7-20-17(27-15)16(26)24-11-2-3-12-10(4-11)6-19-8-21-12/h2-8H,1H3,(H,24,26)(H,22,23,25). The molecule has 134 valence electrons. The van der Waals surface area contributed by atoms with Crippen LogP contribution in [0, 0.1) is 6.92 Å². The second-order valence-corrected chi connectivity index (χ2v) is 6.95. The van der Waals surface area contributed by atoms with Crippen molar-refractivity contribution in [1.82, 2.24) is 24.9 Å². The van der Waals surface area contributed by atoms with Crippen LogP contribution in [0.25, 0.3) is 10.9 Å². The van der Waals surface area contributed by atoms with Crippen LogP contribution in [0.2, 0.25) is 5.15 Å². The van der Waals surface area contributed by atoms with Crippen LogP contribution in [0.5, 0.6) is 0 Å². The third kappa shape index (κ3) is 3.99. The molecule has 3 heterocycles. The first kappa shape index (κ1) is 17.3. The third-order valence-electron chi connectivity index (χ3n) is 3.52. The average Bonchev–Trinajstić information content (AvgIpc) is 3.09. The summed E-state index contributed by atoms with van der Waals surface area (Å²) in [5, 5.41) is 8.06. The zero-order valence-corrected chi connectivity index (χ0v) is 15.5. The van der Waals surface area contributed by atoms with Gasteiger partial charge in [0.25, 0.3) is 5.91 Å². The number of hydrogen-bond acceptors (Lipinski definition) is 8. The molecule has 0 aliphatic heterocycles. The molecule has 0 saturated carbocycles. The molecule has 10 heteroatoms. The zero-order chi connectivity index (χ0) is 18.8. The van der Waals surface area contributed by atoms with E-state index < -0.39 is 0 Å². The number of aryl methyl sites for hydroxylation is 1. The second kappa shape index (κ2) is 7.22. The Morgan fingerprint density at radius 2 is 2.04 bits per heavy atom. The Morgan fingerprint density at radius 1 is 1.15 bits per heavy atom. The molecule has 0 atom stereocenters. The van der Waals surface area contributed by atoms with Crippen molar-refractivity contribution >= 4 is 56.3 Å². The molecule has 1 amide bonds. The number of hydrogen-bond donors (Lipinski definition) is 2. The fraction of sp³-hybridized carbons (Fsp3) is 0.0588. The van der Waals surface area contributed by atoms with Crippen molar-refractivity contribution in [3.8, 4) is 0 Å². The normalized spacial score (nSPS) is 10.7. The quantitative estimate of drug-likeness (QED) is 0.504. The van der Waals surface area contributed by atoms with E-state index in [1.54, 1.807) is 31.5 Å². The van der Waals surface area contributed by atoms with Crippen LogP contribution in [-0.4, -0.2) is 30.8 Å². The monoisotopic (exact) mass is 397 g/mol. The van der Waals surface area contributed by atoms with Gasteiger partial charge in [0.15, 0.2) is 5.01 Å². The second-order valence-electron chi connectivity index (χ2n) is 5.53. The SMILES string of the molecule is Cc1nc(Cl)cc(Nc2cnc(C(=O)Nc3ccc4ncncc4c3)s2)n1. The Hall–Kier alpha value is -3.17. The molecule has 0 radical (unpaired) electrons. The predicted molar refractivity (Wildman–Crippen MR) is 105 cm³/mol. The number of carbonyl (C=O) groups excluding carboxylic acids is 1. The number of nitrogens with zero attached hydrogens (tertiary/aromatic N) is 5. The number of benzene rings is 1. The van der Waals surface area contributed by atoms with Gasteiger partial charge in [0.1, 0.15) is 28.1 Å². The molecule has 3 aromatic heterocycles. The van der Waals surface area contributed by atoms with Gasteiger partial charge in [-0.1, -0.05) is 22.9 Å². The molecule has 4 rings (SSSR count). The lowest BCUT2D eigenvalue weighted by Crippen LogP contribution is -2.11. The van der Waals surface area contributed by atoms with Crippen molar-refractivity contribution < 1.29 is 4.79 Å². The highest BCUT2D eigenvalue weighted by molar-refractivity contribution is 7.17. The molecule has 0 unspecified atom stereocenters. The molecule has 0 aliphatic rings. The van der Waals surface area contributed by atoms with Crippen LogP contribution in [0.15, 0.2) is 43.0 Å². The Labute approximate surface area is 162 Å². The van der Waals surface area contributed by atoms with Crippen LogP contribution >= 0.6 is 22.9 Å². The molecule has 1 aromatic carbocycles. The van der Waals surface area contributed by atoms with Crippen LogP contribution in [-0.2, 0) is 0 Å². The van der Waals surface area contributed by atoms with Crippen LogP contribution < -0.4 is 10.6 Å². The van der Waals surface area contributed by atoms with E-state index in [2.05, 4.69) is 35.6 Å². The molecule has 2 N–H and O–H groups in total. The van der Waals surface area contributed by atoms with E-state index in [4.69, 9.17) is 11.6 Å². The van der Waals surface area contributed by atoms with E-state index in [0.717, 1.165) is 10.9 Å². The Kier molecular flexibility index (Phi) is 4.61. The maximum absolute atomic E-state index is 12.5. The van der Waals surface area contributed by atoms with E-state index in [-0.39, 0.29) is 5.91 Å². The average molecular weight is 398 g/mol. The van der Waals surface area contributed by atoms with Gasteiger partial charge < -0.3 is 10.6 Å². The van der Waals surface area contributed by atoms with E-state index >= 15 is 0 Å². The van der Waals surface area contributed by atoms with Crippen molar-refractivity contribution in [3.05, 3.63) is 59.0 Å². The predicted octanol–water partition coefficient (Wildman–Crippen LogP) is 3.83. The largest absolute Gasteiger partial charge is 0.330 e. The van der Waals surface area contributed by atoms with Gasteiger partial charge in [-0.05, 0) is 25.1 Å². The van der Waals surface area contributed by atoms with Crippen LogP contribution in [0.4, 0.5) is 16.5 Å². The van der Waals surface area contributed by atoms with Crippen molar-refractivity contribution in [1.29, 1.82) is 0 Å². The highest BCUT2D eigenvalue weighted by Crippen LogP contribution is 2.25. The minimum atomic E-state index is -0.304. The van der Waals surface area contributed by atoms with E-state index in [1.807, 2.05) is 12.1 Å². The molecular formula is C17H12ClN7OS. The molecule has 0 spiro atoms. The van der Waals surface area contributed by atoms with Gasteiger partial charge in [0.05, 0.1) is 11.7 Å². The highest BCUT2D eigenvalue weighted by atomic mass is 35.5. The first-order chi connectivity index (χ1) is 13.1. The summed E-state index contributed by atoms with van der Waals surface area (Å²) in [7, 11) is 0. The van der Waals surface area contributed by atoms with Crippen molar-refractivity contribution in [3.63, 3.8) is 0 Å². The van der Waals surface area contributed by atoms with Crippen molar-refractivity contribution in [2.24, 2.45) is 0 Å². The Bertz CT molecular complexity index is 1130. The number of thiazole rings is 1. The van der Waals surface area contributed by atoms with Gasteiger partial charge >= 0.3 is 0 Å². The molecular weight excluding hydrogens is 386 g/mol. The minimum Gasteiger partial charge on any atom is -0.330 e. The van der Waals surface area contributed by atoms with Gasteiger partial charge in [0.2, 0.25) is 0 Å². The minimum absolute atomic E-state index is 0.304. The maximum Gasteiger partial charge on any atom is 0.284 e. The molecule has 0 bridgehead atoms. The summed E-state index contributed by atoms with van der Waals surface area (Å²) in [5.74, 6) is 0.784. The lowest BCUT2D eigenvalue weighted by molar-refractivity contribution is 0.102. The molecule has 0 aliphatic carbocycles. The number of carbonyl (C=O) groups is 1. The van der Waals surface area contributed by atoms with Gasteiger partial charge in [-0.15, -0.1) is 0 Å². The number of nitrogens with one attached hydrogen (secondary N) is 2. The van der Waals surface area contributed by atoms with Gasteiger partial charge in [-0.25, -0.2) is 24.9 Å². The zero-order valence-electron chi connectivity index (χ0n) is 14.0. The number of aromatic nitrogens is 5. The first-order valence-corrected chi connectivity index (χ1v) is 9.01. The Balaban J connectivity index is 1.49. The van der Waals surface area contributed by atoms with E-state index in [9.17, 15) is 4.79 Å². The lowest BCUT2D eigenvalue weighted by atomic mass is 10.2. The summed E-state index contributed by atoms with van der Waals surface area (Å²) in [4.78, 5) is 33.0. The fourth-order valence-electron chi connectivity index (χ4n) is 2.41. The maximum atomic E-state index is 12.5. The summed E-state index contributed by atoms with van der Waals surface area (Å²) in [6.07, 6.45) is 4.74. The smallest absolute Gasteiger partial charge is 0.284 e. The van der Waals surface area contributed by atoms with Gasteiger partial charge in [-0.3, -0.25) is 4.79 Å². The molecule has 4 aromatic rings. The third-order valence-corrected chi connectivity index (χ3v) is 4.63. The molecule has 0 saturated heterocycles. The first-order valence-electron chi connectivity index (χ1n) is 7.82. The molecule has 0 fully saturated rings. The summed E-state index contributed by atoms with van der Waals surface area (Å²) in [6.45, 7) is 1.75. The Morgan fingerprint density at radius 3 is 2.89 bits per heavy atom. The van der Waals surface area contributed by atoms with E-state index in [1.165, 1.54) is 17.7 Å². The topological polar surface area (TPSA) is 106 Å². The van der Waals surface area contributed by atoms with Crippen molar-refractivity contribution in [2.45, 2.75) is 6.92 Å². The van der Waals surface area contributed by atoms with Gasteiger partial charge in [-0.2, -0.15) is 0 Å². The number of rotatable bonds is 4. The number of halogens is 1. The molecule has 8 nitrogen and oxygen atoms in total. The fourth-order valence-corrected chi connectivity index (χ4v) is 3.35. The number of amides is 1. The summed E-state index contributed by atoms with van der Waals surface area (Å²) >= 11 is 7.14. The molecule has 27 heavy (non-hydrogen) atoms. The lowest BCUT2D eigenvalue weighted by Gasteiger charge is -2.04. The number of anilines is 3. The van der Waals surface area contributed by atoms with E-state index in [0.29, 0.717) is 32.5 Å². The summed E-state index contributed by atoms with van der Waals surface area (Å²) in [6, 6.07) is 7.02. The number of fused-ring (bicyclic) bond motifs is 1. The summed E-state index contributed by atoms with van der Waals surface area (Å²) < 4.78 is 0.